The second kappa shape index (κ2) is 5.48. The standard InChI is InChI=1S/C13H19ClN2O2/c1-13(2,3)18-12(17)16(4)8-9-7-10(15)5-6-11(9)14/h5-7H,8,15H2,1-4H3. The molecule has 0 radical (unpaired) electrons. The van der Waals surface area contributed by atoms with Gasteiger partial charge in [0.2, 0.25) is 0 Å². The normalized spacial score (nSPS) is 11.2. The minimum atomic E-state index is -0.509. The van der Waals surface area contributed by atoms with E-state index in [0.29, 0.717) is 17.3 Å². The quantitative estimate of drug-likeness (QED) is 0.839. The summed E-state index contributed by atoms with van der Waals surface area (Å²) in [5.74, 6) is 0. The first-order valence-corrected chi connectivity index (χ1v) is 6.05. The molecule has 0 heterocycles. The van der Waals surface area contributed by atoms with E-state index >= 15 is 0 Å². The molecule has 18 heavy (non-hydrogen) atoms. The molecule has 0 bridgehead atoms. The zero-order chi connectivity index (χ0) is 13.9. The zero-order valence-electron chi connectivity index (χ0n) is 11.2. The van der Waals surface area contributed by atoms with E-state index in [0.717, 1.165) is 5.56 Å². The maximum Gasteiger partial charge on any atom is 0.410 e. The van der Waals surface area contributed by atoms with Crippen LogP contribution < -0.4 is 5.73 Å². The summed E-state index contributed by atoms with van der Waals surface area (Å²) in [6, 6.07) is 5.19. The van der Waals surface area contributed by atoms with Crippen LogP contribution in [-0.2, 0) is 11.3 Å². The minimum absolute atomic E-state index is 0.360. The monoisotopic (exact) mass is 270 g/mol. The molecule has 1 rings (SSSR count). The molecule has 0 saturated heterocycles. The Bertz CT molecular complexity index is 441. The maximum absolute atomic E-state index is 11.8. The summed E-state index contributed by atoms with van der Waals surface area (Å²) in [5.41, 5.74) is 6.59. The van der Waals surface area contributed by atoms with Crippen LogP contribution in [0, 0.1) is 0 Å². The van der Waals surface area contributed by atoms with Crippen LogP contribution in [0.4, 0.5) is 10.5 Å². The summed E-state index contributed by atoms with van der Waals surface area (Å²) in [6.07, 6.45) is -0.388. The molecule has 0 unspecified atom stereocenters. The summed E-state index contributed by atoms with van der Waals surface area (Å²) in [6.45, 7) is 5.84. The van der Waals surface area contributed by atoms with Gasteiger partial charge in [0, 0.05) is 17.8 Å². The highest BCUT2D eigenvalue weighted by molar-refractivity contribution is 6.31. The van der Waals surface area contributed by atoms with E-state index in [2.05, 4.69) is 0 Å². The Balaban J connectivity index is 2.72. The van der Waals surface area contributed by atoms with Gasteiger partial charge in [0.1, 0.15) is 5.60 Å². The Labute approximate surface area is 113 Å². The number of carbonyl (C=O) groups excluding carboxylic acids is 1. The van der Waals surface area contributed by atoms with Crippen molar-refractivity contribution in [3.8, 4) is 0 Å². The van der Waals surface area contributed by atoms with Crippen molar-refractivity contribution in [2.75, 3.05) is 12.8 Å². The Morgan fingerprint density at radius 2 is 2.06 bits per heavy atom. The third-order valence-electron chi connectivity index (χ3n) is 2.18. The summed E-state index contributed by atoms with van der Waals surface area (Å²) in [7, 11) is 1.66. The van der Waals surface area contributed by atoms with Crippen molar-refractivity contribution in [2.24, 2.45) is 0 Å². The molecule has 0 saturated carbocycles. The van der Waals surface area contributed by atoms with Crippen LogP contribution in [0.15, 0.2) is 18.2 Å². The number of amides is 1. The summed E-state index contributed by atoms with van der Waals surface area (Å²) in [5, 5.41) is 0.583. The number of benzene rings is 1. The van der Waals surface area contributed by atoms with Gasteiger partial charge >= 0.3 is 6.09 Å². The third-order valence-corrected chi connectivity index (χ3v) is 2.55. The maximum atomic E-state index is 11.8. The zero-order valence-corrected chi connectivity index (χ0v) is 11.9. The first kappa shape index (κ1) is 14.6. The number of hydrogen-bond donors (Lipinski definition) is 1. The lowest BCUT2D eigenvalue weighted by molar-refractivity contribution is 0.0285. The second-order valence-corrected chi connectivity index (χ2v) is 5.59. The Morgan fingerprint density at radius 1 is 1.44 bits per heavy atom. The molecular weight excluding hydrogens is 252 g/mol. The molecular formula is C13H19ClN2O2. The largest absolute Gasteiger partial charge is 0.444 e. The van der Waals surface area contributed by atoms with Crippen LogP contribution in [0.1, 0.15) is 26.3 Å². The van der Waals surface area contributed by atoms with Gasteiger partial charge in [-0.2, -0.15) is 0 Å². The number of nitrogens with zero attached hydrogens (tertiary/aromatic N) is 1. The fourth-order valence-electron chi connectivity index (χ4n) is 1.38. The van der Waals surface area contributed by atoms with Crippen molar-refractivity contribution in [1.29, 1.82) is 0 Å². The fraction of sp³-hybridized carbons (Fsp3) is 0.462. The average molecular weight is 271 g/mol. The number of hydrogen-bond acceptors (Lipinski definition) is 3. The average Bonchev–Trinajstić information content (AvgIpc) is 2.21. The van der Waals surface area contributed by atoms with Crippen LogP contribution in [0.2, 0.25) is 5.02 Å². The van der Waals surface area contributed by atoms with Crippen molar-refractivity contribution in [1.82, 2.24) is 4.90 Å². The van der Waals surface area contributed by atoms with Crippen molar-refractivity contribution in [3.05, 3.63) is 28.8 Å². The lowest BCUT2D eigenvalue weighted by atomic mass is 10.2. The smallest absolute Gasteiger partial charge is 0.410 e. The number of anilines is 1. The lowest BCUT2D eigenvalue weighted by Crippen LogP contribution is -2.33. The first-order valence-electron chi connectivity index (χ1n) is 5.67. The predicted octanol–water partition coefficient (Wildman–Crippen LogP) is 3.29. The molecule has 1 aromatic rings. The van der Waals surface area contributed by atoms with Gasteiger partial charge < -0.3 is 15.4 Å². The van der Waals surface area contributed by atoms with E-state index in [9.17, 15) is 4.79 Å². The van der Waals surface area contributed by atoms with E-state index < -0.39 is 5.60 Å². The molecule has 100 valence electrons. The molecule has 4 nitrogen and oxygen atoms in total. The SMILES string of the molecule is CN(Cc1cc(N)ccc1Cl)C(=O)OC(C)(C)C. The van der Waals surface area contributed by atoms with E-state index in [1.54, 1.807) is 25.2 Å². The Kier molecular flexibility index (Phi) is 4.46. The van der Waals surface area contributed by atoms with E-state index in [4.69, 9.17) is 22.1 Å². The minimum Gasteiger partial charge on any atom is -0.444 e. The molecule has 0 aliphatic carbocycles. The molecule has 1 amide bonds. The molecule has 0 aromatic heterocycles. The lowest BCUT2D eigenvalue weighted by Gasteiger charge is -2.25. The second-order valence-electron chi connectivity index (χ2n) is 5.19. The van der Waals surface area contributed by atoms with Crippen molar-refractivity contribution >= 4 is 23.4 Å². The Hall–Kier alpha value is -1.42. The van der Waals surface area contributed by atoms with Gasteiger partial charge in [-0.3, -0.25) is 0 Å². The van der Waals surface area contributed by atoms with Crippen molar-refractivity contribution < 1.29 is 9.53 Å². The third kappa shape index (κ3) is 4.45. The molecule has 1 aromatic carbocycles. The van der Waals surface area contributed by atoms with Gasteiger partial charge in [0.05, 0.1) is 6.54 Å². The number of rotatable bonds is 2. The van der Waals surface area contributed by atoms with E-state index in [1.807, 2.05) is 20.8 Å². The highest BCUT2D eigenvalue weighted by Crippen LogP contribution is 2.21. The number of carbonyl (C=O) groups is 1. The van der Waals surface area contributed by atoms with E-state index in [1.165, 1.54) is 4.90 Å². The highest BCUT2D eigenvalue weighted by Gasteiger charge is 2.20. The van der Waals surface area contributed by atoms with Crippen LogP contribution in [-0.4, -0.2) is 23.6 Å². The molecule has 0 aliphatic rings. The first-order chi connectivity index (χ1) is 8.19. The van der Waals surface area contributed by atoms with Crippen LogP contribution in [0.5, 0.6) is 0 Å². The summed E-state index contributed by atoms with van der Waals surface area (Å²) >= 11 is 6.04. The molecule has 0 aliphatic heterocycles. The summed E-state index contributed by atoms with van der Waals surface area (Å²) < 4.78 is 5.25. The fourth-order valence-corrected chi connectivity index (χ4v) is 1.55. The summed E-state index contributed by atoms with van der Waals surface area (Å²) in [4.78, 5) is 13.3. The van der Waals surface area contributed by atoms with Crippen LogP contribution in [0.25, 0.3) is 0 Å². The molecule has 0 fully saturated rings. The number of halogens is 1. The number of nitrogen functional groups attached to an aromatic ring is 1. The Morgan fingerprint density at radius 3 is 2.61 bits per heavy atom. The molecule has 2 N–H and O–H groups in total. The topological polar surface area (TPSA) is 55.6 Å². The van der Waals surface area contributed by atoms with Crippen molar-refractivity contribution in [3.63, 3.8) is 0 Å². The van der Waals surface area contributed by atoms with Gasteiger partial charge in [0.15, 0.2) is 0 Å². The van der Waals surface area contributed by atoms with Gasteiger partial charge in [-0.05, 0) is 44.5 Å². The van der Waals surface area contributed by atoms with E-state index in [-0.39, 0.29) is 6.09 Å². The molecule has 0 atom stereocenters. The van der Waals surface area contributed by atoms with Gasteiger partial charge in [0.25, 0.3) is 0 Å². The van der Waals surface area contributed by atoms with Gasteiger partial charge in [-0.25, -0.2) is 4.79 Å². The highest BCUT2D eigenvalue weighted by atomic mass is 35.5. The van der Waals surface area contributed by atoms with Gasteiger partial charge in [-0.15, -0.1) is 0 Å². The van der Waals surface area contributed by atoms with Crippen LogP contribution >= 0.6 is 11.6 Å². The number of ether oxygens (including phenoxy) is 1. The molecule has 5 heteroatoms. The molecule has 0 spiro atoms. The van der Waals surface area contributed by atoms with Gasteiger partial charge in [-0.1, -0.05) is 11.6 Å². The van der Waals surface area contributed by atoms with Crippen molar-refractivity contribution in [2.45, 2.75) is 32.9 Å². The number of nitrogens with two attached hydrogens (primary N) is 1. The van der Waals surface area contributed by atoms with Crippen LogP contribution in [0.3, 0.4) is 0 Å². The predicted molar refractivity (Wildman–Crippen MR) is 73.6 cm³/mol.